The molecule has 0 saturated heterocycles. The van der Waals surface area contributed by atoms with Crippen LogP contribution in [0.1, 0.15) is 11.1 Å². The number of nitro groups is 1. The van der Waals surface area contributed by atoms with Crippen LogP contribution in [0.3, 0.4) is 0 Å². The molecule has 0 aliphatic rings. The minimum Gasteiger partial charge on any atom is -0.461 e. The molecule has 0 saturated carbocycles. The number of furan rings is 1. The van der Waals surface area contributed by atoms with Crippen LogP contribution in [0.4, 0.5) is 5.69 Å². The smallest absolute Gasteiger partial charge is 0.336 e. The Morgan fingerprint density at radius 2 is 1.90 bits per heavy atom. The molecule has 40 heavy (non-hydrogen) atoms. The molecule has 0 aliphatic heterocycles. The highest BCUT2D eigenvalue weighted by molar-refractivity contribution is 9.11. The van der Waals surface area contributed by atoms with Crippen LogP contribution in [0, 0.1) is 10.1 Å². The van der Waals surface area contributed by atoms with E-state index in [9.17, 15) is 19.7 Å². The fourth-order valence-corrected chi connectivity index (χ4v) is 5.08. The zero-order chi connectivity index (χ0) is 28.2. The van der Waals surface area contributed by atoms with E-state index in [-0.39, 0.29) is 17.3 Å². The average molecular weight is 664 g/mol. The lowest BCUT2D eigenvalue weighted by Gasteiger charge is -2.10. The standard InChI is InChI=1S/C28H16Br2N4O6/c29-19-14-18(26(22(30)15-19)40-25(35)11-10-17-5-3-6-20(13-17)34(37)38)16-31-33-27(24-9-4-12-39-24)32-23-8-2-1-7-21(23)28(33)36/h1-16H/b11-10+,31-16?. The number of carbonyl (C=O) groups excluding carboxylic acids is 1. The monoisotopic (exact) mass is 662 g/mol. The third kappa shape index (κ3) is 5.82. The summed E-state index contributed by atoms with van der Waals surface area (Å²) in [6.45, 7) is 0. The van der Waals surface area contributed by atoms with Crippen molar-refractivity contribution in [3.63, 3.8) is 0 Å². The van der Waals surface area contributed by atoms with E-state index < -0.39 is 16.5 Å². The van der Waals surface area contributed by atoms with Crippen LogP contribution in [0.15, 0.2) is 108 Å². The summed E-state index contributed by atoms with van der Waals surface area (Å²) < 4.78 is 13.3. The van der Waals surface area contributed by atoms with E-state index in [1.807, 2.05) is 0 Å². The number of benzene rings is 3. The van der Waals surface area contributed by atoms with Crippen LogP contribution in [-0.2, 0) is 4.79 Å². The molecular weight excluding hydrogens is 648 g/mol. The van der Waals surface area contributed by atoms with Gasteiger partial charge in [0.1, 0.15) is 0 Å². The summed E-state index contributed by atoms with van der Waals surface area (Å²) in [6.07, 6.45) is 5.40. The quantitative estimate of drug-likeness (QED) is 0.0479. The maximum Gasteiger partial charge on any atom is 0.336 e. The fourth-order valence-electron chi connectivity index (χ4n) is 3.74. The lowest BCUT2D eigenvalue weighted by atomic mass is 10.2. The maximum atomic E-state index is 13.4. The number of carbonyl (C=O) groups is 1. The zero-order valence-electron chi connectivity index (χ0n) is 20.2. The lowest BCUT2D eigenvalue weighted by molar-refractivity contribution is -0.384. The first-order chi connectivity index (χ1) is 19.3. The minimum atomic E-state index is -0.731. The first-order valence-electron chi connectivity index (χ1n) is 11.5. The number of esters is 1. The van der Waals surface area contributed by atoms with Crippen LogP contribution in [0.2, 0.25) is 0 Å². The van der Waals surface area contributed by atoms with Gasteiger partial charge in [0.15, 0.2) is 11.5 Å². The molecule has 198 valence electrons. The van der Waals surface area contributed by atoms with E-state index in [1.165, 1.54) is 36.8 Å². The molecule has 2 aromatic heterocycles. The molecular formula is C28H16Br2N4O6. The minimum absolute atomic E-state index is 0.1000. The molecule has 0 atom stereocenters. The Morgan fingerprint density at radius 3 is 2.67 bits per heavy atom. The van der Waals surface area contributed by atoms with Gasteiger partial charge in [-0.05, 0) is 64.0 Å². The Morgan fingerprint density at radius 1 is 1.07 bits per heavy atom. The molecule has 5 aromatic rings. The molecule has 10 nitrogen and oxygen atoms in total. The Bertz CT molecular complexity index is 1880. The number of para-hydroxylation sites is 1. The Balaban J connectivity index is 1.51. The van der Waals surface area contributed by atoms with Crippen molar-refractivity contribution in [1.29, 1.82) is 0 Å². The fraction of sp³-hybridized carbons (Fsp3) is 0. The van der Waals surface area contributed by atoms with Crippen LogP contribution in [-0.4, -0.2) is 26.8 Å². The number of halogens is 2. The van der Waals surface area contributed by atoms with Gasteiger partial charge >= 0.3 is 5.97 Å². The summed E-state index contributed by atoms with van der Waals surface area (Å²) in [4.78, 5) is 41.1. The van der Waals surface area contributed by atoms with Crippen molar-refractivity contribution in [3.05, 3.63) is 126 Å². The summed E-state index contributed by atoms with van der Waals surface area (Å²) in [6, 6.07) is 19.4. The topological polar surface area (TPSA) is 130 Å². The molecule has 12 heteroatoms. The predicted molar refractivity (Wildman–Crippen MR) is 156 cm³/mol. The van der Waals surface area contributed by atoms with Crippen molar-refractivity contribution in [2.45, 2.75) is 0 Å². The van der Waals surface area contributed by atoms with Crippen molar-refractivity contribution in [3.8, 4) is 17.3 Å². The molecule has 0 fully saturated rings. The second kappa shape index (κ2) is 11.6. The van der Waals surface area contributed by atoms with E-state index in [0.717, 1.165) is 10.8 Å². The highest BCUT2D eigenvalue weighted by Crippen LogP contribution is 2.32. The summed E-state index contributed by atoms with van der Waals surface area (Å²) in [5.41, 5.74) is 0.790. The number of nitro benzene ring substituents is 1. The largest absolute Gasteiger partial charge is 0.461 e. The van der Waals surface area contributed by atoms with Gasteiger partial charge in [0, 0.05) is 28.2 Å². The second-order valence-electron chi connectivity index (χ2n) is 8.20. The van der Waals surface area contributed by atoms with E-state index >= 15 is 0 Å². The molecule has 0 radical (unpaired) electrons. The van der Waals surface area contributed by atoms with Crippen LogP contribution in [0.5, 0.6) is 5.75 Å². The summed E-state index contributed by atoms with van der Waals surface area (Å²) >= 11 is 6.82. The Kier molecular flexibility index (Phi) is 7.80. The average Bonchev–Trinajstić information content (AvgIpc) is 3.48. The van der Waals surface area contributed by atoms with Gasteiger partial charge in [-0.1, -0.05) is 40.2 Å². The molecule has 0 N–H and O–H groups in total. The van der Waals surface area contributed by atoms with E-state index in [2.05, 4.69) is 41.9 Å². The number of rotatable bonds is 7. The predicted octanol–water partition coefficient (Wildman–Crippen LogP) is 6.59. The van der Waals surface area contributed by atoms with Crippen LogP contribution in [0.25, 0.3) is 28.6 Å². The van der Waals surface area contributed by atoms with Gasteiger partial charge in [0.05, 0.1) is 32.8 Å². The molecule has 0 aliphatic carbocycles. The highest BCUT2D eigenvalue weighted by Gasteiger charge is 2.16. The SMILES string of the molecule is O=C(/C=C/c1cccc([N+](=O)[O-])c1)Oc1c(Br)cc(Br)cc1C=Nn1c(-c2ccco2)nc2ccccc2c1=O. The highest BCUT2D eigenvalue weighted by atomic mass is 79.9. The maximum absolute atomic E-state index is 13.4. The number of aromatic nitrogens is 2. The first kappa shape index (κ1) is 26.9. The number of hydrogen-bond acceptors (Lipinski definition) is 8. The third-order valence-corrected chi connectivity index (χ3v) is 6.59. The van der Waals surface area contributed by atoms with Crippen LogP contribution >= 0.6 is 31.9 Å². The number of nitrogens with zero attached hydrogens (tertiary/aromatic N) is 4. The molecule has 0 bridgehead atoms. The zero-order valence-corrected chi connectivity index (χ0v) is 23.4. The number of hydrogen-bond donors (Lipinski definition) is 0. The molecule has 0 unspecified atom stereocenters. The Labute approximate surface area is 242 Å². The summed E-state index contributed by atoms with van der Waals surface area (Å²) in [7, 11) is 0. The van der Waals surface area contributed by atoms with Gasteiger partial charge in [-0.25, -0.2) is 9.78 Å². The van der Waals surface area contributed by atoms with Gasteiger partial charge in [-0.15, -0.1) is 0 Å². The normalized spacial score (nSPS) is 11.4. The number of non-ortho nitro benzene ring substituents is 1. The van der Waals surface area contributed by atoms with Gasteiger partial charge < -0.3 is 9.15 Å². The second-order valence-corrected chi connectivity index (χ2v) is 9.97. The van der Waals surface area contributed by atoms with Gasteiger partial charge in [0.2, 0.25) is 5.82 Å². The molecule has 0 spiro atoms. The number of fused-ring (bicyclic) bond motifs is 1. The summed E-state index contributed by atoms with van der Waals surface area (Å²) in [5, 5.41) is 15.8. The van der Waals surface area contributed by atoms with Crippen molar-refractivity contribution >= 4 is 66.7 Å². The Hall–Kier alpha value is -4.68. The van der Waals surface area contributed by atoms with E-state index in [4.69, 9.17) is 9.15 Å². The molecule has 5 rings (SSSR count). The number of ether oxygens (including phenoxy) is 1. The van der Waals surface area contributed by atoms with Crippen molar-refractivity contribution < 1.29 is 18.9 Å². The van der Waals surface area contributed by atoms with Gasteiger partial charge in [-0.2, -0.15) is 9.78 Å². The first-order valence-corrected chi connectivity index (χ1v) is 13.1. The van der Waals surface area contributed by atoms with Gasteiger partial charge in [0.25, 0.3) is 11.2 Å². The molecule has 0 amide bonds. The van der Waals surface area contributed by atoms with Gasteiger partial charge in [-0.3, -0.25) is 14.9 Å². The van der Waals surface area contributed by atoms with Crippen molar-refractivity contribution in [2.24, 2.45) is 5.10 Å². The molecule has 3 aromatic carbocycles. The lowest BCUT2D eigenvalue weighted by Crippen LogP contribution is -2.20. The third-order valence-electron chi connectivity index (χ3n) is 5.54. The van der Waals surface area contributed by atoms with Crippen molar-refractivity contribution in [1.82, 2.24) is 9.66 Å². The van der Waals surface area contributed by atoms with Crippen molar-refractivity contribution in [2.75, 3.05) is 0 Å². The van der Waals surface area contributed by atoms with Crippen LogP contribution < -0.4 is 10.3 Å². The molecule has 2 heterocycles. The summed E-state index contributed by atoms with van der Waals surface area (Å²) in [5.74, 6) is -0.0576. The van der Waals surface area contributed by atoms with E-state index in [1.54, 1.807) is 54.6 Å². The van der Waals surface area contributed by atoms with E-state index in [0.29, 0.717) is 36.7 Å².